The van der Waals surface area contributed by atoms with Gasteiger partial charge in [-0.3, -0.25) is 0 Å². The number of aromatic nitrogens is 3. The van der Waals surface area contributed by atoms with E-state index in [9.17, 15) is 0 Å². The molecule has 2 saturated heterocycles. The summed E-state index contributed by atoms with van der Waals surface area (Å²) in [6.45, 7) is 11.8. The summed E-state index contributed by atoms with van der Waals surface area (Å²) in [5, 5.41) is 12.0. The zero-order valence-electron chi connectivity index (χ0n) is 11.6. The third-order valence-electron chi connectivity index (χ3n) is 4.68. The predicted molar refractivity (Wildman–Crippen MR) is 70.6 cm³/mol. The Morgan fingerprint density at radius 1 is 1.17 bits per heavy atom. The summed E-state index contributed by atoms with van der Waals surface area (Å²) in [7, 11) is 0. The van der Waals surface area contributed by atoms with Crippen LogP contribution in [-0.4, -0.2) is 40.4 Å². The minimum Gasteiger partial charge on any atom is -0.334 e. The Bertz CT molecular complexity index is 470. The molecule has 3 heterocycles. The van der Waals surface area contributed by atoms with Gasteiger partial charge in [-0.1, -0.05) is 0 Å². The molecule has 1 N–H and O–H groups in total. The SMILES string of the molecule is Cc1nnc(N2CC3CNCC3C2(C)C)nc1C. The highest BCUT2D eigenvalue weighted by Crippen LogP contribution is 2.41. The van der Waals surface area contributed by atoms with Gasteiger partial charge in [0, 0.05) is 25.2 Å². The molecule has 0 spiro atoms. The topological polar surface area (TPSA) is 53.9 Å². The van der Waals surface area contributed by atoms with Gasteiger partial charge in [0.1, 0.15) is 0 Å². The summed E-state index contributed by atoms with van der Waals surface area (Å²) in [6.07, 6.45) is 0. The van der Waals surface area contributed by atoms with E-state index in [0.717, 1.165) is 37.0 Å². The molecule has 5 heteroatoms. The van der Waals surface area contributed by atoms with Crippen LogP contribution in [0.25, 0.3) is 0 Å². The minimum atomic E-state index is 0.109. The molecule has 2 unspecified atom stereocenters. The first-order valence-electron chi connectivity index (χ1n) is 6.66. The molecule has 0 amide bonds. The van der Waals surface area contributed by atoms with E-state index in [1.54, 1.807) is 0 Å². The van der Waals surface area contributed by atoms with Gasteiger partial charge in [0.2, 0.25) is 5.95 Å². The van der Waals surface area contributed by atoms with E-state index in [4.69, 9.17) is 0 Å². The van der Waals surface area contributed by atoms with Gasteiger partial charge >= 0.3 is 0 Å². The molecule has 5 nitrogen and oxygen atoms in total. The van der Waals surface area contributed by atoms with Crippen LogP contribution in [-0.2, 0) is 0 Å². The minimum absolute atomic E-state index is 0.109. The highest BCUT2D eigenvalue weighted by atomic mass is 15.4. The molecule has 2 fully saturated rings. The fourth-order valence-corrected chi connectivity index (χ4v) is 3.32. The zero-order valence-corrected chi connectivity index (χ0v) is 11.6. The van der Waals surface area contributed by atoms with Crippen LogP contribution in [0.2, 0.25) is 0 Å². The first-order chi connectivity index (χ1) is 8.50. The summed E-state index contributed by atoms with van der Waals surface area (Å²) >= 11 is 0. The van der Waals surface area contributed by atoms with Gasteiger partial charge in [-0.25, -0.2) is 4.98 Å². The lowest BCUT2D eigenvalue weighted by Crippen LogP contribution is -2.45. The second-order valence-electron chi connectivity index (χ2n) is 6.07. The number of nitrogens with zero attached hydrogens (tertiary/aromatic N) is 4. The van der Waals surface area contributed by atoms with Gasteiger partial charge in [-0.15, -0.1) is 5.10 Å². The molecule has 2 aliphatic heterocycles. The second kappa shape index (κ2) is 3.88. The van der Waals surface area contributed by atoms with Crippen LogP contribution in [0, 0.1) is 25.7 Å². The van der Waals surface area contributed by atoms with Gasteiger partial charge in [0.05, 0.1) is 11.4 Å². The maximum Gasteiger partial charge on any atom is 0.246 e. The van der Waals surface area contributed by atoms with Crippen molar-refractivity contribution in [3.8, 4) is 0 Å². The van der Waals surface area contributed by atoms with Gasteiger partial charge in [-0.05, 0) is 39.5 Å². The van der Waals surface area contributed by atoms with Gasteiger partial charge < -0.3 is 10.2 Å². The fraction of sp³-hybridized carbons (Fsp3) is 0.769. The Morgan fingerprint density at radius 2 is 1.94 bits per heavy atom. The summed E-state index contributed by atoms with van der Waals surface area (Å²) in [6, 6.07) is 0. The molecular formula is C13H21N5. The number of nitrogens with one attached hydrogen (secondary N) is 1. The van der Waals surface area contributed by atoms with E-state index >= 15 is 0 Å². The lowest BCUT2D eigenvalue weighted by molar-refractivity contribution is 0.354. The number of rotatable bonds is 1. The van der Waals surface area contributed by atoms with E-state index in [-0.39, 0.29) is 5.54 Å². The largest absolute Gasteiger partial charge is 0.334 e. The van der Waals surface area contributed by atoms with E-state index < -0.39 is 0 Å². The first kappa shape index (κ1) is 11.8. The number of anilines is 1. The van der Waals surface area contributed by atoms with Crippen molar-refractivity contribution in [3.05, 3.63) is 11.4 Å². The van der Waals surface area contributed by atoms with Crippen LogP contribution in [0.1, 0.15) is 25.2 Å². The molecule has 0 bridgehead atoms. The first-order valence-corrected chi connectivity index (χ1v) is 6.66. The molecule has 18 heavy (non-hydrogen) atoms. The van der Waals surface area contributed by atoms with Crippen molar-refractivity contribution in [1.29, 1.82) is 0 Å². The molecule has 0 aromatic carbocycles. The van der Waals surface area contributed by atoms with Crippen molar-refractivity contribution in [2.45, 2.75) is 33.2 Å². The van der Waals surface area contributed by atoms with Crippen LogP contribution in [0.4, 0.5) is 5.95 Å². The number of aryl methyl sites for hydroxylation is 2. The van der Waals surface area contributed by atoms with Crippen molar-refractivity contribution in [1.82, 2.24) is 20.5 Å². The van der Waals surface area contributed by atoms with Crippen molar-refractivity contribution < 1.29 is 0 Å². The number of hydrogen-bond acceptors (Lipinski definition) is 5. The summed E-state index contributed by atoms with van der Waals surface area (Å²) in [4.78, 5) is 6.95. The number of fused-ring (bicyclic) bond motifs is 1. The van der Waals surface area contributed by atoms with Crippen molar-refractivity contribution in [2.24, 2.45) is 11.8 Å². The summed E-state index contributed by atoms with van der Waals surface area (Å²) in [5.74, 6) is 2.19. The molecule has 0 saturated carbocycles. The maximum absolute atomic E-state index is 4.61. The number of hydrogen-bond donors (Lipinski definition) is 1. The average molecular weight is 247 g/mol. The van der Waals surface area contributed by atoms with E-state index in [0.29, 0.717) is 11.8 Å². The fourth-order valence-electron chi connectivity index (χ4n) is 3.32. The molecule has 2 atom stereocenters. The van der Waals surface area contributed by atoms with E-state index in [1.165, 1.54) is 0 Å². The smallest absolute Gasteiger partial charge is 0.246 e. The van der Waals surface area contributed by atoms with Gasteiger partial charge in [0.15, 0.2) is 0 Å². The molecule has 0 radical (unpaired) electrons. The van der Waals surface area contributed by atoms with Crippen LogP contribution in [0.5, 0.6) is 0 Å². The molecule has 0 aliphatic carbocycles. The van der Waals surface area contributed by atoms with Crippen LogP contribution >= 0.6 is 0 Å². The van der Waals surface area contributed by atoms with Gasteiger partial charge in [-0.2, -0.15) is 5.10 Å². The molecule has 1 aromatic rings. The van der Waals surface area contributed by atoms with Gasteiger partial charge in [0.25, 0.3) is 0 Å². The summed E-state index contributed by atoms with van der Waals surface area (Å²) < 4.78 is 0. The van der Waals surface area contributed by atoms with E-state index in [1.807, 2.05) is 13.8 Å². The lowest BCUT2D eigenvalue weighted by Gasteiger charge is -2.35. The normalized spacial score (nSPS) is 29.7. The second-order valence-corrected chi connectivity index (χ2v) is 6.07. The Labute approximate surface area is 108 Å². The standard InChI is InChI=1S/C13H21N5/c1-8-9(2)16-17-12(15-8)18-7-10-5-14-6-11(10)13(18,3)4/h10-11,14H,5-7H2,1-4H3. The van der Waals surface area contributed by atoms with Crippen LogP contribution < -0.4 is 10.2 Å². The maximum atomic E-state index is 4.61. The van der Waals surface area contributed by atoms with Crippen molar-refractivity contribution in [3.63, 3.8) is 0 Å². The van der Waals surface area contributed by atoms with E-state index in [2.05, 4.69) is 39.2 Å². The third-order valence-corrected chi connectivity index (χ3v) is 4.68. The molecular weight excluding hydrogens is 226 g/mol. The lowest BCUT2D eigenvalue weighted by atomic mass is 9.85. The molecule has 98 valence electrons. The highest BCUT2D eigenvalue weighted by molar-refractivity contribution is 5.38. The van der Waals surface area contributed by atoms with Crippen molar-refractivity contribution in [2.75, 3.05) is 24.5 Å². The molecule has 2 aliphatic rings. The Balaban J connectivity index is 1.95. The predicted octanol–water partition coefficient (Wildman–Crippen LogP) is 0.923. The van der Waals surface area contributed by atoms with Crippen LogP contribution in [0.3, 0.4) is 0 Å². The van der Waals surface area contributed by atoms with Crippen LogP contribution in [0.15, 0.2) is 0 Å². The molecule has 3 rings (SSSR count). The van der Waals surface area contributed by atoms with Crippen molar-refractivity contribution >= 4 is 5.95 Å². The monoisotopic (exact) mass is 247 g/mol. The zero-order chi connectivity index (χ0) is 12.9. The molecule has 1 aromatic heterocycles. The highest BCUT2D eigenvalue weighted by Gasteiger charge is 2.50. The Hall–Kier alpha value is -1.23. The average Bonchev–Trinajstić information content (AvgIpc) is 2.86. The third kappa shape index (κ3) is 1.61. The summed E-state index contributed by atoms with van der Waals surface area (Å²) in [5.41, 5.74) is 2.00. The quantitative estimate of drug-likeness (QED) is 0.800. The Kier molecular flexibility index (Phi) is 2.55. The Morgan fingerprint density at radius 3 is 2.61 bits per heavy atom.